The molecular weight excluding hydrogens is 438 g/mol. The SMILES string of the molecule is COc1ccc([C@H]2CC(=O)C[C@@H](c3ccc(OC)cc3)N2S(=O)(=O)c2ccc(C)cc2)cc1. The molecule has 7 heteroatoms. The highest BCUT2D eigenvalue weighted by Crippen LogP contribution is 2.44. The summed E-state index contributed by atoms with van der Waals surface area (Å²) in [4.78, 5) is 13.1. The molecule has 0 radical (unpaired) electrons. The Kier molecular flexibility index (Phi) is 6.54. The number of rotatable bonds is 6. The third-order valence-electron chi connectivity index (χ3n) is 6.05. The number of hydrogen-bond donors (Lipinski definition) is 0. The van der Waals surface area contributed by atoms with Crippen molar-refractivity contribution in [3.8, 4) is 11.5 Å². The summed E-state index contributed by atoms with van der Waals surface area (Å²) in [5.41, 5.74) is 2.47. The van der Waals surface area contributed by atoms with E-state index in [1.54, 1.807) is 62.8 Å². The molecule has 0 unspecified atom stereocenters. The Bertz CT molecular complexity index is 1160. The van der Waals surface area contributed by atoms with Crippen LogP contribution in [0.15, 0.2) is 77.7 Å². The van der Waals surface area contributed by atoms with Gasteiger partial charge in [-0.1, -0.05) is 42.0 Å². The topological polar surface area (TPSA) is 72.9 Å². The molecule has 3 aromatic carbocycles. The van der Waals surface area contributed by atoms with Crippen LogP contribution < -0.4 is 9.47 Å². The normalized spacial score (nSPS) is 19.3. The van der Waals surface area contributed by atoms with Crippen molar-refractivity contribution in [3.63, 3.8) is 0 Å². The number of ether oxygens (including phenoxy) is 2. The molecule has 1 heterocycles. The van der Waals surface area contributed by atoms with Crippen LogP contribution in [0.2, 0.25) is 0 Å². The number of Topliss-reactive ketones (excluding diaryl/α,β-unsaturated/α-hetero) is 1. The molecule has 3 aromatic rings. The third-order valence-corrected chi connectivity index (χ3v) is 7.99. The highest BCUT2D eigenvalue weighted by atomic mass is 32.2. The van der Waals surface area contributed by atoms with E-state index in [-0.39, 0.29) is 23.5 Å². The molecule has 0 aliphatic carbocycles. The molecular formula is C26H27NO5S. The molecule has 0 spiro atoms. The number of aryl methyl sites for hydroxylation is 1. The van der Waals surface area contributed by atoms with Crippen LogP contribution in [0, 0.1) is 6.92 Å². The molecule has 1 aliphatic rings. The largest absolute Gasteiger partial charge is 0.497 e. The minimum atomic E-state index is -3.91. The maximum Gasteiger partial charge on any atom is 0.244 e. The zero-order chi connectivity index (χ0) is 23.6. The molecule has 33 heavy (non-hydrogen) atoms. The van der Waals surface area contributed by atoms with Gasteiger partial charge in [-0.05, 0) is 54.4 Å². The summed E-state index contributed by atoms with van der Waals surface area (Å²) in [6.45, 7) is 1.91. The van der Waals surface area contributed by atoms with Crippen molar-refractivity contribution in [2.45, 2.75) is 36.7 Å². The van der Waals surface area contributed by atoms with E-state index in [2.05, 4.69) is 0 Å². The minimum Gasteiger partial charge on any atom is -0.497 e. The van der Waals surface area contributed by atoms with Gasteiger partial charge in [-0.25, -0.2) is 8.42 Å². The van der Waals surface area contributed by atoms with E-state index in [1.807, 2.05) is 31.2 Å². The molecule has 1 aliphatic heterocycles. The zero-order valence-electron chi connectivity index (χ0n) is 18.9. The fourth-order valence-electron chi connectivity index (χ4n) is 4.26. The van der Waals surface area contributed by atoms with Crippen LogP contribution in [0.25, 0.3) is 0 Å². The fourth-order valence-corrected chi connectivity index (χ4v) is 6.05. The van der Waals surface area contributed by atoms with Gasteiger partial charge in [0.15, 0.2) is 0 Å². The first-order valence-electron chi connectivity index (χ1n) is 10.7. The van der Waals surface area contributed by atoms with Crippen molar-refractivity contribution >= 4 is 15.8 Å². The van der Waals surface area contributed by atoms with Crippen LogP contribution in [0.3, 0.4) is 0 Å². The maximum absolute atomic E-state index is 14.0. The number of sulfonamides is 1. The summed E-state index contributed by atoms with van der Waals surface area (Å²) in [5, 5.41) is 0. The molecule has 0 bridgehead atoms. The standard InChI is InChI=1S/C26H27NO5S/c1-18-4-14-24(15-5-18)33(29,30)27-25(19-6-10-22(31-2)11-7-19)16-21(28)17-26(27)20-8-12-23(32-3)13-9-20/h4-15,25-26H,16-17H2,1-3H3/t25-,26+. The van der Waals surface area contributed by atoms with Gasteiger partial charge >= 0.3 is 0 Å². The average molecular weight is 466 g/mol. The molecule has 172 valence electrons. The molecule has 1 fully saturated rings. The third kappa shape index (κ3) is 4.65. The van der Waals surface area contributed by atoms with Gasteiger partial charge in [0.1, 0.15) is 17.3 Å². The summed E-state index contributed by atoms with van der Waals surface area (Å²) in [7, 11) is -0.757. The molecule has 0 N–H and O–H groups in total. The van der Waals surface area contributed by atoms with Crippen molar-refractivity contribution in [3.05, 3.63) is 89.5 Å². The van der Waals surface area contributed by atoms with Crippen LogP contribution in [0.4, 0.5) is 0 Å². The van der Waals surface area contributed by atoms with Gasteiger partial charge in [-0.15, -0.1) is 0 Å². The van der Waals surface area contributed by atoms with Crippen LogP contribution in [0.5, 0.6) is 11.5 Å². The van der Waals surface area contributed by atoms with Crippen molar-refractivity contribution in [2.75, 3.05) is 14.2 Å². The van der Waals surface area contributed by atoms with Gasteiger partial charge in [0.2, 0.25) is 10.0 Å². The van der Waals surface area contributed by atoms with E-state index in [0.717, 1.165) is 16.7 Å². The molecule has 6 nitrogen and oxygen atoms in total. The van der Waals surface area contributed by atoms with E-state index in [0.29, 0.717) is 11.5 Å². The summed E-state index contributed by atoms with van der Waals surface area (Å²) in [6, 6.07) is 20.0. The van der Waals surface area contributed by atoms with E-state index < -0.39 is 22.1 Å². The van der Waals surface area contributed by atoms with Crippen molar-refractivity contribution in [1.29, 1.82) is 0 Å². The van der Waals surface area contributed by atoms with E-state index >= 15 is 0 Å². The molecule has 0 saturated carbocycles. The van der Waals surface area contributed by atoms with Crippen LogP contribution in [0.1, 0.15) is 41.6 Å². The van der Waals surface area contributed by atoms with Gasteiger partial charge in [0.05, 0.1) is 31.2 Å². The van der Waals surface area contributed by atoms with Crippen molar-refractivity contribution in [2.24, 2.45) is 0 Å². The van der Waals surface area contributed by atoms with Gasteiger partial charge in [0, 0.05) is 12.8 Å². The van der Waals surface area contributed by atoms with Gasteiger partial charge in [-0.3, -0.25) is 4.79 Å². The number of carbonyl (C=O) groups is 1. The molecule has 2 atom stereocenters. The Hall–Kier alpha value is -3.16. The smallest absolute Gasteiger partial charge is 0.244 e. The predicted molar refractivity (Wildman–Crippen MR) is 126 cm³/mol. The summed E-state index contributed by atoms with van der Waals surface area (Å²) in [6.07, 6.45) is 0.230. The molecule has 1 saturated heterocycles. The van der Waals surface area contributed by atoms with Crippen LogP contribution >= 0.6 is 0 Å². The highest BCUT2D eigenvalue weighted by Gasteiger charge is 2.44. The van der Waals surface area contributed by atoms with Crippen molar-refractivity contribution < 1.29 is 22.7 Å². The first-order valence-corrected chi connectivity index (χ1v) is 12.2. The van der Waals surface area contributed by atoms with Crippen LogP contribution in [-0.4, -0.2) is 32.7 Å². The Balaban J connectivity index is 1.85. The number of carbonyl (C=O) groups excluding carboxylic acids is 1. The Morgan fingerprint density at radius 1 is 0.727 bits per heavy atom. The number of nitrogens with zero attached hydrogens (tertiary/aromatic N) is 1. The lowest BCUT2D eigenvalue weighted by atomic mass is 9.89. The number of benzene rings is 3. The summed E-state index contributed by atoms with van der Waals surface area (Å²) in [5.74, 6) is 1.35. The van der Waals surface area contributed by atoms with Gasteiger partial charge in [0.25, 0.3) is 0 Å². The second kappa shape index (κ2) is 9.37. The minimum absolute atomic E-state index is 0.0204. The monoisotopic (exact) mass is 465 g/mol. The first kappa shape index (κ1) is 23.0. The number of hydrogen-bond acceptors (Lipinski definition) is 5. The maximum atomic E-state index is 14.0. The quantitative estimate of drug-likeness (QED) is 0.520. The Labute approximate surface area is 194 Å². The average Bonchev–Trinajstić information content (AvgIpc) is 2.83. The molecule has 0 amide bonds. The first-order chi connectivity index (χ1) is 15.8. The molecule has 0 aromatic heterocycles. The number of ketones is 1. The predicted octanol–water partition coefficient (Wildman–Crippen LogP) is 4.85. The van der Waals surface area contributed by atoms with E-state index in [1.165, 1.54) is 4.31 Å². The lowest BCUT2D eigenvalue weighted by Crippen LogP contribution is -2.43. The highest BCUT2D eigenvalue weighted by molar-refractivity contribution is 7.89. The number of piperidine rings is 1. The van der Waals surface area contributed by atoms with Gasteiger partial charge < -0.3 is 9.47 Å². The Morgan fingerprint density at radius 2 is 1.15 bits per heavy atom. The fraction of sp³-hybridized carbons (Fsp3) is 0.269. The summed E-state index contributed by atoms with van der Waals surface area (Å²) >= 11 is 0. The zero-order valence-corrected chi connectivity index (χ0v) is 19.7. The van der Waals surface area contributed by atoms with Crippen LogP contribution in [-0.2, 0) is 14.8 Å². The van der Waals surface area contributed by atoms with E-state index in [4.69, 9.17) is 9.47 Å². The van der Waals surface area contributed by atoms with Gasteiger partial charge in [-0.2, -0.15) is 4.31 Å². The number of methoxy groups -OCH3 is 2. The molecule has 4 rings (SSSR count). The van der Waals surface area contributed by atoms with Crippen molar-refractivity contribution in [1.82, 2.24) is 4.31 Å². The second-order valence-corrected chi connectivity index (χ2v) is 10.0. The Morgan fingerprint density at radius 3 is 1.55 bits per heavy atom. The summed E-state index contributed by atoms with van der Waals surface area (Å²) < 4.78 is 40.0. The lowest BCUT2D eigenvalue weighted by Gasteiger charge is -2.41. The second-order valence-electron chi connectivity index (χ2n) is 8.17. The van der Waals surface area contributed by atoms with E-state index in [9.17, 15) is 13.2 Å². The lowest BCUT2D eigenvalue weighted by molar-refractivity contribution is -0.123.